The van der Waals surface area contributed by atoms with Gasteiger partial charge >= 0.3 is 0 Å². The lowest BCUT2D eigenvalue weighted by Gasteiger charge is -2.35. The lowest BCUT2D eigenvalue weighted by Crippen LogP contribution is -2.46. The minimum Gasteiger partial charge on any atom is -0.376 e. The molecule has 118 valence electrons. The number of ether oxygens (including phenoxy) is 1. The molecular formula is C17H27FN2O. The second-order valence-electron chi connectivity index (χ2n) is 5.69. The van der Waals surface area contributed by atoms with Crippen LogP contribution < -0.4 is 5.32 Å². The molecule has 1 heterocycles. The van der Waals surface area contributed by atoms with Crippen LogP contribution in [-0.4, -0.2) is 43.8 Å². The summed E-state index contributed by atoms with van der Waals surface area (Å²) in [5.41, 5.74) is 0.769. The van der Waals surface area contributed by atoms with Crippen LogP contribution in [0.3, 0.4) is 0 Å². The average Bonchev–Trinajstić information content (AvgIpc) is 2.52. The van der Waals surface area contributed by atoms with Crippen molar-refractivity contribution in [2.24, 2.45) is 0 Å². The number of nitrogens with zero attached hydrogens (tertiary/aromatic N) is 1. The van der Waals surface area contributed by atoms with Gasteiger partial charge in [-0.15, -0.1) is 0 Å². The number of nitrogens with one attached hydrogen (secondary N) is 1. The molecule has 0 radical (unpaired) electrons. The molecule has 0 amide bonds. The number of morpholine rings is 1. The topological polar surface area (TPSA) is 24.5 Å². The third-order valence-electron chi connectivity index (χ3n) is 4.04. The quantitative estimate of drug-likeness (QED) is 0.837. The van der Waals surface area contributed by atoms with Gasteiger partial charge in [0.2, 0.25) is 0 Å². The first-order chi connectivity index (χ1) is 10.2. The van der Waals surface area contributed by atoms with E-state index in [0.29, 0.717) is 6.10 Å². The number of hydrogen-bond donors (Lipinski definition) is 1. The van der Waals surface area contributed by atoms with E-state index in [1.54, 1.807) is 12.1 Å². The summed E-state index contributed by atoms with van der Waals surface area (Å²) >= 11 is 0. The van der Waals surface area contributed by atoms with Crippen LogP contribution >= 0.6 is 0 Å². The van der Waals surface area contributed by atoms with Crippen molar-refractivity contribution in [3.63, 3.8) is 0 Å². The summed E-state index contributed by atoms with van der Waals surface area (Å²) in [5, 5.41) is 3.48. The number of rotatable bonds is 7. The van der Waals surface area contributed by atoms with Crippen LogP contribution in [-0.2, 0) is 4.74 Å². The molecule has 0 bridgehead atoms. The van der Waals surface area contributed by atoms with Crippen LogP contribution in [0.5, 0.6) is 0 Å². The van der Waals surface area contributed by atoms with Gasteiger partial charge < -0.3 is 10.1 Å². The summed E-state index contributed by atoms with van der Waals surface area (Å²) in [5.74, 6) is -0.119. The molecule has 1 aliphatic rings. The molecule has 1 aliphatic heterocycles. The Kier molecular flexibility index (Phi) is 6.61. The standard InChI is InChI=1S/C17H27FN2O/c1-3-9-19-17(15-7-5-6-8-16(15)18)13-20-10-11-21-14(4-2)12-20/h5-8,14,17,19H,3-4,9-13H2,1-2H3. The SMILES string of the molecule is CCCNC(CN1CCOC(CC)C1)c1ccccc1F. The first-order valence-corrected chi connectivity index (χ1v) is 8.06. The second-order valence-corrected chi connectivity index (χ2v) is 5.69. The van der Waals surface area contributed by atoms with Gasteiger partial charge in [0.05, 0.1) is 12.7 Å². The van der Waals surface area contributed by atoms with Gasteiger partial charge in [0.1, 0.15) is 5.82 Å². The van der Waals surface area contributed by atoms with E-state index in [0.717, 1.165) is 51.2 Å². The molecule has 1 saturated heterocycles. The molecular weight excluding hydrogens is 267 g/mol. The maximum absolute atomic E-state index is 14.1. The predicted octanol–water partition coefficient (Wildman–Crippen LogP) is 2.98. The van der Waals surface area contributed by atoms with Gasteiger partial charge in [0.25, 0.3) is 0 Å². The predicted molar refractivity (Wildman–Crippen MR) is 83.9 cm³/mol. The molecule has 2 atom stereocenters. The van der Waals surface area contributed by atoms with Crippen LogP contribution in [0.1, 0.15) is 38.3 Å². The highest BCUT2D eigenvalue weighted by molar-refractivity contribution is 5.21. The molecule has 1 aromatic carbocycles. The van der Waals surface area contributed by atoms with E-state index in [1.807, 2.05) is 12.1 Å². The molecule has 1 N–H and O–H groups in total. The fourth-order valence-corrected chi connectivity index (χ4v) is 2.80. The van der Waals surface area contributed by atoms with Gasteiger partial charge in [-0.25, -0.2) is 4.39 Å². The first kappa shape index (κ1) is 16.4. The lowest BCUT2D eigenvalue weighted by molar-refractivity contribution is -0.0323. The van der Waals surface area contributed by atoms with Gasteiger partial charge in [0.15, 0.2) is 0 Å². The zero-order valence-electron chi connectivity index (χ0n) is 13.1. The molecule has 0 aliphatic carbocycles. The molecule has 21 heavy (non-hydrogen) atoms. The minimum atomic E-state index is -0.119. The maximum atomic E-state index is 14.1. The number of benzene rings is 1. The summed E-state index contributed by atoms with van der Waals surface area (Å²) in [6.45, 7) is 8.66. The van der Waals surface area contributed by atoms with Crippen molar-refractivity contribution < 1.29 is 9.13 Å². The van der Waals surface area contributed by atoms with Crippen LogP contribution in [0.15, 0.2) is 24.3 Å². The fraction of sp³-hybridized carbons (Fsp3) is 0.647. The van der Waals surface area contributed by atoms with Crippen LogP contribution in [0.4, 0.5) is 4.39 Å². The zero-order valence-corrected chi connectivity index (χ0v) is 13.1. The Hall–Kier alpha value is -0.970. The van der Waals surface area contributed by atoms with Crippen molar-refractivity contribution in [1.29, 1.82) is 0 Å². The Bertz CT molecular complexity index is 427. The second kappa shape index (κ2) is 8.47. The highest BCUT2D eigenvalue weighted by atomic mass is 19.1. The van der Waals surface area contributed by atoms with E-state index in [1.165, 1.54) is 0 Å². The van der Waals surface area contributed by atoms with Crippen molar-refractivity contribution >= 4 is 0 Å². The monoisotopic (exact) mass is 294 g/mol. The third kappa shape index (κ3) is 4.77. The van der Waals surface area contributed by atoms with Crippen LogP contribution in [0.25, 0.3) is 0 Å². The normalized spacial score (nSPS) is 21.4. The number of halogens is 1. The van der Waals surface area contributed by atoms with E-state index in [2.05, 4.69) is 24.1 Å². The molecule has 4 heteroatoms. The van der Waals surface area contributed by atoms with E-state index in [4.69, 9.17) is 4.74 Å². The van der Waals surface area contributed by atoms with E-state index in [-0.39, 0.29) is 11.9 Å². The molecule has 0 saturated carbocycles. The lowest BCUT2D eigenvalue weighted by atomic mass is 10.0. The zero-order chi connectivity index (χ0) is 15.1. The van der Waals surface area contributed by atoms with Crippen molar-refractivity contribution in [1.82, 2.24) is 10.2 Å². The number of hydrogen-bond acceptors (Lipinski definition) is 3. The van der Waals surface area contributed by atoms with Crippen LogP contribution in [0, 0.1) is 5.82 Å². The average molecular weight is 294 g/mol. The molecule has 1 aromatic rings. The summed E-state index contributed by atoms with van der Waals surface area (Å²) in [6.07, 6.45) is 2.39. The smallest absolute Gasteiger partial charge is 0.128 e. The largest absolute Gasteiger partial charge is 0.376 e. The Morgan fingerprint density at radius 3 is 2.90 bits per heavy atom. The van der Waals surface area contributed by atoms with Gasteiger partial charge in [-0.3, -0.25) is 4.90 Å². The van der Waals surface area contributed by atoms with Crippen molar-refractivity contribution in [2.45, 2.75) is 38.8 Å². The highest BCUT2D eigenvalue weighted by Gasteiger charge is 2.23. The Morgan fingerprint density at radius 2 is 2.19 bits per heavy atom. The van der Waals surface area contributed by atoms with Crippen molar-refractivity contribution in [3.8, 4) is 0 Å². The van der Waals surface area contributed by atoms with Crippen molar-refractivity contribution in [3.05, 3.63) is 35.6 Å². The van der Waals surface area contributed by atoms with Crippen LogP contribution in [0.2, 0.25) is 0 Å². The van der Waals surface area contributed by atoms with Gasteiger partial charge in [-0.2, -0.15) is 0 Å². The molecule has 0 spiro atoms. The fourth-order valence-electron chi connectivity index (χ4n) is 2.80. The molecule has 2 unspecified atom stereocenters. The van der Waals surface area contributed by atoms with E-state index < -0.39 is 0 Å². The third-order valence-corrected chi connectivity index (χ3v) is 4.04. The van der Waals surface area contributed by atoms with Gasteiger partial charge in [-0.1, -0.05) is 32.0 Å². The molecule has 3 nitrogen and oxygen atoms in total. The highest BCUT2D eigenvalue weighted by Crippen LogP contribution is 2.20. The molecule has 0 aromatic heterocycles. The first-order valence-electron chi connectivity index (χ1n) is 8.06. The minimum absolute atomic E-state index is 0.0433. The van der Waals surface area contributed by atoms with Crippen molar-refractivity contribution in [2.75, 3.05) is 32.8 Å². The summed E-state index contributed by atoms with van der Waals surface area (Å²) in [7, 11) is 0. The Balaban J connectivity index is 2.04. The van der Waals surface area contributed by atoms with E-state index in [9.17, 15) is 4.39 Å². The molecule has 1 fully saturated rings. The van der Waals surface area contributed by atoms with E-state index >= 15 is 0 Å². The maximum Gasteiger partial charge on any atom is 0.128 e. The Labute approximate surface area is 127 Å². The summed E-state index contributed by atoms with van der Waals surface area (Å²) < 4.78 is 19.8. The summed E-state index contributed by atoms with van der Waals surface area (Å²) in [6, 6.07) is 7.14. The van der Waals surface area contributed by atoms with Gasteiger partial charge in [0, 0.05) is 31.2 Å². The Morgan fingerprint density at radius 1 is 1.38 bits per heavy atom. The summed E-state index contributed by atoms with van der Waals surface area (Å²) in [4.78, 5) is 2.39. The van der Waals surface area contributed by atoms with Gasteiger partial charge in [-0.05, 0) is 25.5 Å². The molecule has 2 rings (SSSR count).